The van der Waals surface area contributed by atoms with Gasteiger partial charge in [0.15, 0.2) is 11.5 Å². The average Bonchev–Trinajstić information content (AvgIpc) is 3.48. The normalized spacial score (nSPS) is 29.7. The zero-order valence-electron chi connectivity index (χ0n) is 17.9. The third-order valence-electron chi connectivity index (χ3n) is 7.89. The minimum Gasteiger partial charge on any atom is -0.454 e. The lowest BCUT2D eigenvalue weighted by molar-refractivity contribution is -0.140. The molecule has 0 amide bonds. The highest BCUT2D eigenvalue weighted by atomic mass is 16.7. The Hall–Kier alpha value is -2.54. The third kappa shape index (κ3) is 2.56. The van der Waals surface area contributed by atoms with Crippen molar-refractivity contribution in [2.75, 3.05) is 26.9 Å². The minimum atomic E-state index is 0.302. The summed E-state index contributed by atoms with van der Waals surface area (Å²) in [7, 11) is 2.10. The standard InChI is InChI=1S/C25H27N3O3/c1-14-19-12-28-9-8-18-17-5-3-4-16(15-6-7-22-23(10-15)30-13-29-22)24(17)26-25(18)21(28)11-20(19)27(2)31-14/h3-7,10,14,19-21,26H,8-9,11-13H2,1-2H3/t14-,19-,20-,21-/m0/s1. The van der Waals surface area contributed by atoms with Gasteiger partial charge in [-0.25, -0.2) is 0 Å². The lowest BCUT2D eigenvalue weighted by Gasteiger charge is -2.44. The molecule has 31 heavy (non-hydrogen) atoms. The van der Waals surface area contributed by atoms with E-state index in [9.17, 15) is 0 Å². The summed E-state index contributed by atoms with van der Waals surface area (Å²) in [6.07, 6.45) is 2.52. The molecule has 2 saturated heterocycles. The van der Waals surface area contributed by atoms with E-state index in [1.54, 1.807) is 0 Å². The molecule has 2 aromatic carbocycles. The first-order chi connectivity index (χ1) is 15.2. The van der Waals surface area contributed by atoms with Gasteiger partial charge in [0.05, 0.1) is 17.7 Å². The Balaban J connectivity index is 1.32. The minimum absolute atomic E-state index is 0.302. The van der Waals surface area contributed by atoms with Gasteiger partial charge in [-0.05, 0) is 43.0 Å². The lowest BCUT2D eigenvalue weighted by Crippen LogP contribution is -2.50. The predicted octanol–water partition coefficient (Wildman–Crippen LogP) is 4.12. The van der Waals surface area contributed by atoms with Gasteiger partial charge in [-0.15, -0.1) is 0 Å². The fraction of sp³-hybridized carbons (Fsp3) is 0.440. The van der Waals surface area contributed by atoms with Crippen molar-refractivity contribution in [1.29, 1.82) is 0 Å². The number of benzene rings is 2. The summed E-state index contributed by atoms with van der Waals surface area (Å²) in [4.78, 5) is 12.6. The number of nitrogens with one attached hydrogen (secondary N) is 1. The molecule has 0 spiro atoms. The number of H-pyrrole nitrogens is 1. The summed E-state index contributed by atoms with van der Waals surface area (Å²) in [6, 6.07) is 13.8. The molecule has 0 aliphatic carbocycles. The topological polar surface area (TPSA) is 50.0 Å². The van der Waals surface area contributed by atoms with Crippen LogP contribution in [0.2, 0.25) is 0 Å². The molecule has 6 heteroatoms. The number of nitrogens with zero attached hydrogens (tertiary/aromatic N) is 2. The van der Waals surface area contributed by atoms with Crippen LogP contribution in [0.15, 0.2) is 36.4 Å². The Morgan fingerprint density at radius 3 is 2.94 bits per heavy atom. The summed E-state index contributed by atoms with van der Waals surface area (Å²) >= 11 is 0. The van der Waals surface area contributed by atoms with Crippen LogP contribution in [-0.4, -0.2) is 54.0 Å². The number of ether oxygens (including phenoxy) is 2. The van der Waals surface area contributed by atoms with Crippen molar-refractivity contribution in [3.05, 3.63) is 47.7 Å². The van der Waals surface area contributed by atoms with Gasteiger partial charge < -0.3 is 14.5 Å². The zero-order chi connectivity index (χ0) is 20.7. The van der Waals surface area contributed by atoms with Crippen LogP contribution in [0.3, 0.4) is 0 Å². The Morgan fingerprint density at radius 2 is 2.00 bits per heavy atom. The smallest absolute Gasteiger partial charge is 0.231 e. The molecule has 3 aromatic rings. The van der Waals surface area contributed by atoms with Crippen molar-refractivity contribution in [3.8, 4) is 22.6 Å². The quantitative estimate of drug-likeness (QED) is 0.646. The molecule has 0 radical (unpaired) electrons. The monoisotopic (exact) mass is 417 g/mol. The summed E-state index contributed by atoms with van der Waals surface area (Å²) in [5, 5.41) is 3.47. The number of rotatable bonds is 1. The van der Waals surface area contributed by atoms with Gasteiger partial charge >= 0.3 is 0 Å². The molecule has 6 nitrogen and oxygen atoms in total. The highest BCUT2D eigenvalue weighted by Gasteiger charge is 2.48. The maximum Gasteiger partial charge on any atom is 0.231 e. The molecular weight excluding hydrogens is 390 g/mol. The fourth-order valence-electron chi connectivity index (χ4n) is 6.33. The number of fused-ring (bicyclic) bond motifs is 7. The number of hydrogen-bond acceptors (Lipinski definition) is 5. The van der Waals surface area contributed by atoms with Crippen molar-refractivity contribution in [3.63, 3.8) is 0 Å². The summed E-state index contributed by atoms with van der Waals surface area (Å²) in [5.74, 6) is 2.25. The van der Waals surface area contributed by atoms with Crippen molar-refractivity contribution in [2.24, 2.45) is 5.92 Å². The van der Waals surface area contributed by atoms with E-state index >= 15 is 0 Å². The molecule has 2 fully saturated rings. The van der Waals surface area contributed by atoms with Crippen LogP contribution in [0.4, 0.5) is 0 Å². The van der Waals surface area contributed by atoms with Crippen molar-refractivity contribution < 1.29 is 14.3 Å². The maximum atomic E-state index is 6.05. The van der Waals surface area contributed by atoms with Crippen LogP contribution in [0, 0.1) is 5.92 Å². The highest BCUT2D eigenvalue weighted by molar-refractivity contribution is 5.97. The molecule has 7 rings (SSSR count). The number of para-hydroxylation sites is 1. The molecule has 4 aliphatic heterocycles. The first-order valence-electron chi connectivity index (χ1n) is 11.3. The van der Waals surface area contributed by atoms with Gasteiger partial charge in [0.1, 0.15) is 0 Å². The summed E-state index contributed by atoms with van der Waals surface area (Å²) in [6.45, 7) is 4.76. The Morgan fingerprint density at radius 1 is 1.10 bits per heavy atom. The zero-order valence-corrected chi connectivity index (χ0v) is 17.9. The Labute approximate surface area is 181 Å². The molecule has 0 bridgehead atoms. The van der Waals surface area contributed by atoms with E-state index in [1.165, 1.54) is 27.7 Å². The van der Waals surface area contributed by atoms with Gasteiger partial charge in [-0.2, -0.15) is 5.06 Å². The molecule has 4 aliphatic rings. The van der Waals surface area contributed by atoms with E-state index < -0.39 is 0 Å². The second kappa shape index (κ2) is 6.48. The van der Waals surface area contributed by atoms with Crippen LogP contribution in [0.5, 0.6) is 11.5 Å². The number of hydrogen-bond donors (Lipinski definition) is 1. The molecule has 4 atom stereocenters. The Bertz CT molecular complexity index is 1190. The Kier molecular flexibility index (Phi) is 3.78. The fourth-order valence-corrected chi connectivity index (χ4v) is 6.33. The number of piperidine rings is 1. The molecular formula is C25H27N3O3. The van der Waals surface area contributed by atoms with Gasteiger partial charge in [0.2, 0.25) is 6.79 Å². The van der Waals surface area contributed by atoms with E-state index in [0.717, 1.165) is 43.0 Å². The molecule has 160 valence electrons. The molecule has 1 aromatic heterocycles. The van der Waals surface area contributed by atoms with Gasteiger partial charge in [0.25, 0.3) is 0 Å². The van der Waals surface area contributed by atoms with E-state index in [0.29, 0.717) is 30.9 Å². The van der Waals surface area contributed by atoms with E-state index in [4.69, 9.17) is 14.3 Å². The molecule has 0 unspecified atom stereocenters. The van der Waals surface area contributed by atoms with Crippen LogP contribution >= 0.6 is 0 Å². The molecule has 0 saturated carbocycles. The largest absolute Gasteiger partial charge is 0.454 e. The van der Waals surface area contributed by atoms with Crippen molar-refractivity contribution in [1.82, 2.24) is 14.9 Å². The third-order valence-corrected chi connectivity index (χ3v) is 7.89. The first kappa shape index (κ1) is 18.1. The van der Waals surface area contributed by atoms with Crippen molar-refractivity contribution in [2.45, 2.75) is 38.0 Å². The van der Waals surface area contributed by atoms with E-state index in [-0.39, 0.29) is 0 Å². The maximum absolute atomic E-state index is 6.05. The first-order valence-corrected chi connectivity index (χ1v) is 11.3. The number of aromatic amines is 1. The van der Waals surface area contributed by atoms with E-state index in [2.05, 4.69) is 59.3 Å². The average molecular weight is 418 g/mol. The van der Waals surface area contributed by atoms with Gasteiger partial charge in [0, 0.05) is 48.7 Å². The van der Waals surface area contributed by atoms with Crippen LogP contribution < -0.4 is 9.47 Å². The number of hydroxylamine groups is 2. The van der Waals surface area contributed by atoms with Crippen LogP contribution in [0.25, 0.3) is 22.0 Å². The number of aromatic nitrogens is 1. The SMILES string of the molecule is C[C@@H]1ON(C)[C@H]2C[C@H]3c4[nH]c5c(-c6ccc7c(c6)OCO7)cccc5c4CCN3C[C@@H]12. The summed E-state index contributed by atoms with van der Waals surface area (Å²) < 4.78 is 11.1. The second-order valence-corrected chi connectivity index (χ2v) is 9.40. The van der Waals surface area contributed by atoms with Crippen molar-refractivity contribution >= 4 is 10.9 Å². The van der Waals surface area contributed by atoms with E-state index in [1.807, 2.05) is 6.07 Å². The van der Waals surface area contributed by atoms with Crippen LogP contribution in [-0.2, 0) is 11.3 Å². The lowest BCUT2D eigenvalue weighted by atomic mass is 9.81. The van der Waals surface area contributed by atoms with Gasteiger partial charge in [-0.3, -0.25) is 9.74 Å². The molecule has 5 heterocycles. The predicted molar refractivity (Wildman–Crippen MR) is 118 cm³/mol. The van der Waals surface area contributed by atoms with Gasteiger partial charge in [-0.1, -0.05) is 24.3 Å². The second-order valence-electron chi connectivity index (χ2n) is 9.40. The summed E-state index contributed by atoms with van der Waals surface area (Å²) in [5.41, 5.74) is 6.51. The van der Waals surface area contributed by atoms with Crippen LogP contribution in [0.1, 0.15) is 30.6 Å². The molecule has 1 N–H and O–H groups in total. The highest BCUT2D eigenvalue weighted by Crippen LogP contribution is 2.46.